The molecule has 0 atom stereocenters. The van der Waals surface area contributed by atoms with Crippen LogP contribution in [0.25, 0.3) is 0 Å². The van der Waals surface area contributed by atoms with Gasteiger partial charge in [0.1, 0.15) is 4.90 Å². The second kappa shape index (κ2) is 6.72. The molecule has 0 N–H and O–H groups in total. The minimum atomic E-state index is -4.01. The third kappa shape index (κ3) is 3.92. The van der Waals surface area contributed by atoms with Crippen molar-refractivity contribution < 1.29 is 22.1 Å². The predicted octanol–water partition coefficient (Wildman–Crippen LogP) is 3.62. The molecular formula is C16H15BrO5S. The van der Waals surface area contributed by atoms with Crippen molar-refractivity contribution in [2.45, 2.75) is 18.7 Å². The summed E-state index contributed by atoms with van der Waals surface area (Å²) in [6.07, 6.45) is 0. The fourth-order valence-electron chi connectivity index (χ4n) is 2.01. The number of benzene rings is 2. The fraction of sp³-hybridized carbons (Fsp3) is 0.188. The summed E-state index contributed by atoms with van der Waals surface area (Å²) >= 11 is 3.28. The topological polar surface area (TPSA) is 69.7 Å². The molecule has 0 spiro atoms. The van der Waals surface area contributed by atoms with Crippen LogP contribution in [-0.2, 0) is 14.9 Å². The van der Waals surface area contributed by atoms with Crippen molar-refractivity contribution in [2.24, 2.45) is 0 Å². The maximum atomic E-state index is 12.5. The number of esters is 1. The Balaban J connectivity index is 2.38. The van der Waals surface area contributed by atoms with Gasteiger partial charge in [-0.3, -0.25) is 0 Å². The Hall–Kier alpha value is -1.86. The van der Waals surface area contributed by atoms with Gasteiger partial charge in [-0.2, -0.15) is 8.42 Å². The molecule has 0 unspecified atom stereocenters. The number of methoxy groups -OCH3 is 1. The van der Waals surface area contributed by atoms with Gasteiger partial charge in [-0.15, -0.1) is 0 Å². The van der Waals surface area contributed by atoms with Crippen LogP contribution in [0.15, 0.2) is 45.8 Å². The Kier molecular flexibility index (Phi) is 5.11. The minimum Gasteiger partial charge on any atom is -0.465 e. The molecule has 0 aliphatic carbocycles. The SMILES string of the molecule is COC(=O)c1ccc(S(=O)(=O)Oc2ccc(C)cc2Br)c(C)c1. The van der Waals surface area contributed by atoms with E-state index in [4.69, 9.17) is 4.18 Å². The summed E-state index contributed by atoms with van der Waals surface area (Å²) < 4.78 is 35.3. The number of hydrogen-bond donors (Lipinski definition) is 0. The molecule has 0 amide bonds. The standard InChI is InChI=1S/C16H15BrO5S/c1-10-4-6-14(13(17)8-10)22-23(19,20)15-7-5-12(9-11(15)2)16(18)21-3/h4-9H,1-3H3. The summed E-state index contributed by atoms with van der Waals surface area (Å²) in [4.78, 5) is 11.5. The molecular weight excluding hydrogens is 384 g/mol. The van der Waals surface area contributed by atoms with Gasteiger partial charge in [0, 0.05) is 0 Å². The van der Waals surface area contributed by atoms with Gasteiger partial charge in [-0.25, -0.2) is 4.79 Å². The van der Waals surface area contributed by atoms with E-state index in [9.17, 15) is 13.2 Å². The number of ether oxygens (including phenoxy) is 1. The highest BCUT2D eigenvalue weighted by molar-refractivity contribution is 9.10. The summed E-state index contributed by atoms with van der Waals surface area (Å²) in [6.45, 7) is 3.48. The van der Waals surface area contributed by atoms with Crippen molar-refractivity contribution in [3.63, 3.8) is 0 Å². The van der Waals surface area contributed by atoms with Crippen molar-refractivity contribution in [3.8, 4) is 5.75 Å². The smallest absolute Gasteiger partial charge is 0.339 e. The largest absolute Gasteiger partial charge is 0.465 e. The number of carbonyl (C=O) groups is 1. The van der Waals surface area contributed by atoms with Gasteiger partial charge < -0.3 is 8.92 Å². The van der Waals surface area contributed by atoms with Crippen molar-refractivity contribution in [3.05, 3.63) is 57.6 Å². The van der Waals surface area contributed by atoms with E-state index in [0.717, 1.165) is 5.56 Å². The molecule has 23 heavy (non-hydrogen) atoms. The van der Waals surface area contributed by atoms with E-state index in [2.05, 4.69) is 20.7 Å². The fourth-order valence-corrected chi connectivity index (χ4v) is 3.85. The summed E-state index contributed by atoms with van der Waals surface area (Å²) in [5.41, 5.74) is 1.65. The molecule has 2 rings (SSSR count). The van der Waals surface area contributed by atoms with E-state index in [-0.39, 0.29) is 16.2 Å². The van der Waals surface area contributed by atoms with E-state index in [0.29, 0.717) is 10.0 Å². The first-order valence-electron chi connectivity index (χ1n) is 6.64. The van der Waals surface area contributed by atoms with Crippen LogP contribution in [0.2, 0.25) is 0 Å². The lowest BCUT2D eigenvalue weighted by Crippen LogP contribution is -2.12. The zero-order valence-corrected chi connectivity index (χ0v) is 15.2. The Bertz CT molecular complexity index is 859. The quantitative estimate of drug-likeness (QED) is 0.580. The lowest BCUT2D eigenvalue weighted by Gasteiger charge is -2.11. The minimum absolute atomic E-state index is 0.00220. The average molecular weight is 399 g/mol. The predicted molar refractivity (Wildman–Crippen MR) is 89.2 cm³/mol. The van der Waals surface area contributed by atoms with E-state index in [1.807, 2.05) is 6.92 Å². The zero-order valence-electron chi connectivity index (χ0n) is 12.8. The Labute approximate surface area is 143 Å². The van der Waals surface area contributed by atoms with E-state index in [1.165, 1.54) is 25.3 Å². The van der Waals surface area contributed by atoms with E-state index in [1.54, 1.807) is 25.1 Å². The average Bonchev–Trinajstić information content (AvgIpc) is 2.48. The Morgan fingerprint density at radius 1 is 1.09 bits per heavy atom. The molecule has 0 saturated carbocycles. The maximum Gasteiger partial charge on any atom is 0.339 e. The molecule has 0 fully saturated rings. The number of halogens is 1. The second-order valence-electron chi connectivity index (χ2n) is 4.94. The first-order chi connectivity index (χ1) is 10.7. The lowest BCUT2D eigenvalue weighted by atomic mass is 10.1. The Morgan fingerprint density at radius 3 is 2.35 bits per heavy atom. The van der Waals surface area contributed by atoms with Gasteiger partial charge in [0.25, 0.3) is 0 Å². The normalized spacial score (nSPS) is 11.1. The number of aryl methyl sites for hydroxylation is 2. The van der Waals surface area contributed by atoms with Gasteiger partial charge in [-0.05, 0) is 71.2 Å². The van der Waals surface area contributed by atoms with Gasteiger partial charge in [-0.1, -0.05) is 6.07 Å². The third-order valence-electron chi connectivity index (χ3n) is 3.15. The molecule has 0 aliphatic rings. The van der Waals surface area contributed by atoms with Gasteiger partial charge in [0.15, 0.2) is 5.75 Å². The molecule has 2 aromatic carbocycles. The van der Waals surface area contributed by atoms with Crippen LogP contribution in [-0.4, -0.2) is 21.5 Å². The zero-order chi connectivity index (χ0) is 17.2. The molecule has 0 bridgehead atoms. The first-order valence-corrected chi connectivity index (χ1v) is 8.84. The van der Waals surface area contributed by atoms with E-state index < -0.39 is 16.1 Å². The monoisotopic (exact) mass is 398 g/mol. The molecule has 0 aromatic heterocycles. The highest BCUT2D eigenvalue weighted by Gasteiger charge is 2.21. The Morgan fingerprint density at radius 2 is 1.78 bits per heavy atom. The van der Waals surface area contributed by atoms with Gasteiger partial charge >= 0.3 is 16.1 Å². The summed E-state index contributed by atoms with van der Waals surface area (Å²) in [7, 11) is -2.75. The van der Waals surface area contributed by atoms with Crippen LogP contribution < -0.4 is 4.18 Å². The lowest BCUT2D eigenvalue weighted by molar-refractivity contribution is 0.0600. The number of rotatable bonds is 4. The highest BCUT2D eigenvalue weighted by atomic mass is 79.9. The van der Waals surface area contributed by atoms with Crippen LogP contribution in [0.4, 0.5) is 0 Å². The highest BCUT2D eigenvalue weighted by Crippen LogP contribution is 2.29. The first kappa shape index (κ1) is 17.5. The maximum absolute atomic E-state index is 12.5. The molecule has 0 radical (unpaired) electrons. The molecule has 5 nitrogen and oxygen atoms in total. The summed E-state index contributed by atoms with van der Waals surface area (Å²) in [5.74, 6) is -0.328. The van der Waals surface area contributed by atoms with Crippen LogP contribution in [0.1, 0.15) is 21.5 Å². The van der Waals surface area contributed by atoms with Crippen LogP contribution in [0.3, 0.4) is 0 Å². The van der Waals surface area contributed by atoms with Crippen molar-refractivity contribution in [1.82, 2.24) is 0 Å². The molecule has 122 valence electrons. The molecule has 0 aliphatic heterocycles. The van der Waals surface area contributed by atoms with Gasteiger partial charge in [0.05, 0.1) is 17.1 Å². The molecule has 0 heterocycles. The summed E-state index contributed by atoms with van der Waals surface area (Å²) in [6, 6.07) is 9.26. The molecule has 7 heteroatoms. The van der Waals surface area contributed by atoms with Crippen molar-refractivity contribution in [1.29, 1.82) is 0 Å². The van der Waals surface area contributed by atoms with Crippen molar-refractivity contribution >= 4 is 32.0 Å². The van der Waals surface area contributed by atoms with Crippen LogP contribution in [0.5, 0.6) is 5.75 Å². The second-order valence-corrected chi connectivity index (χ2v) is 7.31. The van der Waals surface area contributed by atoms with E-state index >= 15 is 0 Å². The van der Waals surface area contributed by atoms with Crippen molar-refractivity contribution in [2.75, 3.05) is 7.11 Å². The van der Waals surface area contributed by atoms with Crippen LogP contribution >= 0.6 is 15.9 Å². The molecule has 0 saturated heterocycles. The summed E-state index contributed by atoms with van der Waals surface area (Å²) in [5, 5.41) is 0. The number of hydrogen-bond acceptors (Lipinski definition) is 5. The third-order valence-corrected chi connectivity index (χ3v) is 5.17. The van der Waals surface area contributed by atoms with Gasteiger partial charge in [0.2, 0.25) is 0 Å². The number of carbonyl (C=O) groups excluding carboxylic acids is 1. The van der Waals surface area contributed by atoms with Crippen LogP contribution in [0, 0.1) is 13.8 Å². The molecule has 2 aromatic rings.